The maximum absolute atomic E-state index is 4.37. The fraction of sp³-hybridized carbons (Fsp3) is 0.571. The highest BCUT2D eigenvalue weighted by Gasteiger charge is 2.19. The van der Waals surface area contributed by atoms with Crippen LogP contribution in [0.3, 0.4) is 0 Å². The minimum atomic E-state index is 0.318. The summed E-state index contributed by atoms with van der Waals surface area (Å²) in [5, 5.41) is 4.62. The van der Waals surface area contributed by atoms with Gasteiger partial charge in [0.25, 0.3) is 0 Å². The molecular weight excluding hydrogens is 364 g/mol. The molecule has 0 bridgehead atoms. The molecule has 1 rings (SSSR count). The minimum Gasteiger partial charge on any atom is -0.279 e. The Morgan fingerprint density at radius 2 is 1.63 bits per heavy atom. The molecule has 0 fully saturated rings. The first-order valence-electron chi connectivity index (χ1n) is 11.7. The Kier molecular flexibility index (Phi) is 16.2. The van der Waals surface area contributed by atoms with Crippen molar-refractivity contribution in [3.63, 3.8) is 0 Å². The van der Waals surface area contributed by atoms with Crippen molar-refractivity contribution in [1.29, 1.82) is 0 Å². The topological polar surface area (TPSA) is 6.48 Å². The Bertz CT molecular complexity index is 647. The molecule has 0 spiro atoms. The van der Waals surface area contributed by atoms with E-state index >= 15 is 0 Å². The number of hydrazine groups is 1. The van der Waals surface area contributed by atoms with Gasteiger partial charge in [0.15, 0.2) is 0 Å². The standard InChI is InChI=1S/C24H38N2.2C2H6/c1-10-11-21(5)26(25(9)17-16-24(6,7)8)23-15-14-22(18-20(23)4)13-12-19(2)3;2*1-2/h12-15,18H,2,5,10-11,16-17H2,1,3-4,6-9H3;2*1-2H3/b13-12+;;. The average Bonchev–Trinajstić information content (AvgIpc) is 2.69. The van der Waals surface area contributed by atoms with Crippen molar-refractivity contribution in [3.8, 4) is 0 Å². The maximum atomic E-state index is 4.37. The van der Waals surface area contributed by atoms with Crippen LogP contribution in [-0.2, 0) is 0 Å². The lowest BCUT2D eigenvalue weighted by molar-refractivity contribution is 0.258. The number of benzene rings is 1. The summed E-state index contributed by atoms with van der Waals surface area (Å²) in [6.07, 6.45) is 7.40. The first-order valence-corrected chi connectivity index (χ1v) is 11.7. The summed E-state index contributed by atoms with van der Waals surface area (Å²) < 4.78 is 0. The van der Waals surface area contributed by atoms with Crippen LogP contribution >= 0.6 is 0 Å². The van der Waals surface area contributed by atoms with Gasteiger partial charge in [0.1, 0.15) is 0 Å². The maximum Gasteiger partial charge on any atom is 0.0605 e. The molecule has 0 aliphatic carbocycles. The summed E-state index contributed by atoms with van der Waals surface area (Å²) in [6, 6.07) is 6.62. The van der Waals surface area contributed by atoms with Gasteiger partial charge in [0.2, 0.25) is 0 Å². The number of anilines is 1. The number of nitrogens with zero attached hydrogens (tertiary/aromatic N) is 2. The lowest BCUT2D eigenvalue weighted by Crippen LogP contribution is -2.41. The van der Waals surface area contributed by atoms with Crippen molar-refractivity contribution in [3.05, 3.63) is 59.8 Å². The highest BCUT2D eigenvalue weighted by atomic mass is 15.6. The second-order valence-corrected chi connectivity index (χ2v) is 8.55. The molecule has 0 heterocycles. The molecular formula is C28H50N2. The Labute approximate surface area is 189 Å². The molecule has 0 atom stereocenters. The molecule has 172 valence electrons. The van der Waals surface area contributed by atoms with Gasteiger partial charge < -0.3 is 0 Å². The van der Waals surface area contributed by atoms with Crippen LogP contribution in [0.5, 0.6) is 0 Å². The minimum absolute atomic E-state index is 0.318. The van der Waals surface area contributed by atoms with Crippen molar-refractivity contribution in [2.45, 2.75) is 88.5 Å². The highest BCUT2D eigenvalue weighted by Crippen LogP contribution is 2.29. The molecule has 0 aliphatic rings. The fourth-order valence-corrected chi connectivity index (χ4v) is 2.85. The molecule has 2 nitrogen and oxygen atoms in total. The lowest BCUT2D eigenvalue weighted by Gasteiger charge is -2.37. The van der Waals surface area contributed by atoms with Crippen molar-refractivity contribution in [2.24, 2.45) is 5.41 Å². The van der Waals surface area contributed by atoms with Crippen LogP contribution in [0.2, 0.25) is 0 Å². The lowest BCUT2D eigenvalue weighted by atomic mass is 9.92. The van der Waals surface area contributed by atoms with Gasteiger partial charge >= 0.3 is 0 Å². The molecule has 0 radical (unpaired) electrons. The zero-order valence-electron chi connectivity index (χ0n) is 22.0. The zero-order chi connectivity index (χ0) is 23.9. The predicted octanol–water partition coefficient (Wildman–Crippen LogP) is 9.04. The first-order chi connectivity index (χ1) is 14.0. The highest BCUT2D eigenvalue weighted by molar-refractivity contribution is 5.63. The molecule has 0 saturated heterocycles. The monoisotopic (exact) mass is 414 g/mol. The van der Waals surface area contributed by atoms with E-state index in [9.17, 15) is 0 Å². The Hall–Kier alpha value is -1.80. The van der Waals surface area contributed by atoms with Gasteiger partial charge in [-0.15, -0.1) is 0 Å². The number of hydrogen-bond donors (Lipinski definition) is 0. The molecule has 1 aromatic carbocycles. The number of allylic oxidation sites excluding steroid dienone is 3. The van der Waals surface area contributed by atoms with E-state index in [1.807, 2.05) is 34.6 Å². The molecule has 0 unspecified atom stereocenters. The summed E-state index contributed by atoms with van der Waals surface area (Å²) in [5.41, 5.74) is 6.20. The van der Waals surface area contributed by atoms with Crippen LogP contribution in [-0.4, -0.2) is 18.6 Å². The van der Waals surface area contributed by atoms with Crippen molar-refractivity contribution in [1.82, 2.24) is 5.01 Å². The van der Waals surface area contributed by atoms with Gasteiger partial charge in [-0.25, -0.2) is 5.01 Å². The van der Waals surface area contributed by atoms with E-state index < -0.39 is 0 Å². The van der Waals surface area contributed by atoms with Crippen LogP contribution in [0.4, 0.5) is 5.69 Å². The molecule has 0 N–H and O–H groups in total. The van der Waals surface area contributed by atoms with Crippen LogP contribution in [0.15, 0.2) is 48.7 Å². The predicted molar refractivity (Wildman–Crippen MR) is 141 cm³/mol. The number of rotatable bonds is 9. The number of aryl methyl sites for hydroxylation is 1. The van der Waals surface area contributed by atoms with Crippen molar-refractivity contribution < 1.29 is 0 Å². The Morgan fingerprint density at radius 1 is 1.07 bits per heavy atom. The first kappa shape index (κ1) is 30.4. The molecule has 0 aromatic heterocycles. The van der Waals surface area contributed by atoms with E-state index in [0.29, 0.717) is 5.41 Å². The third-order valence-corrected chi connectivity index (χ3v) is 4.37. The van der Waals surface area contributed by atoms with Crippen LogP contribution in [0.25, 0.3) is 6.08 Å². The van der Waals surface area contributed by atoms with Crippen LogP contribution in [0, 0.1) is 12.3 Å². The number of hydrogen-bond acceptors (Lipinski definition) is 2. The van der Waals surface area contributed by atoms with Gasteiger partial charge in [-0.05, 0) is 55.4 Å². The van der Waals surface area contributed by atoms with Gasteiger partial charge in [-0.2, -0.15) is 0 Å². The molecule has 0 amide bonds. The molecule has 0 aliphatic heterocycles. The average molecular weight is 415 g/mol. The van der Waals surface area contributed by atoms with E-state index in [2.05, 4.69) is 95.2 Å². The summed E-state index contributed by atoms with van der Waals surface area (Å²) in [6.45, 7) is 30.6. The summed E-state index contributed by atoms with van der Waals surface area (Å²) in [4.78, 5) is 0. The Balaban J connectivity index is 0. The van der Waals surface area contributed by atoms with E-state index in [0.717, 1.165) is 37.1 Å². The van der Waals surface area contributed by atoms with Gasteiger partial charge in [0, 0.05) is 19.3 Å². The van der Waals surface area contributed by atoms with Crippen molar-refractivity contribution >= 4 is 11.8 Å². The van der Waals surface area contributed by atoms with Gasteiger partial charge in [0.05, 0.1) is 5.69 Å². The molecule has 0 saturated carbocycles. The normalized spacial score (nSPS) is 10.8. The van der Waals surface area contributed by atoms with E-state index in [4.69, 9.17) is 0 Å². The summed E-state index contributed by atoms with van der Waals surface area (Å²) in [5.74, 6) is 0. The fourth-order valence-electron chi connectivity index (χ4n) is 2.85. The quantitative estimate of drug-likeness (QED) is 0.294. The van der Waals surface area contributed by atoms with E-state index in [1.165, 1.54) is 16.8 Å². The largest absolute Gasteiger partial charge is 0.279 e. The third kappa shape index (κ3) is 12.0. The SMILES string of the molecule is C=C(C)/C=C/c1ccc(N(C(=C)CCC)N(C)CCC(C)(C)C)c(C)c1.CC.CC. The molecule has 2 heteroatoms. The smallest absolute Gasteiger partial charge is 0.0605 e. The van der Waals surface area contributed by atoms with E-state index in [1.54, 1.807) is 0 Å². The second kappa shape index (κ2) is 16.0. The Morgan fingerprint density at radius 3 is 2.07 bits per heavy atom. The van der Waals surface area contributed by atoms with Crippen LogP contribution < -0.4 is 5.01 Å². The summed E-state index contributed by atoms with van der Waals surface area (Å²) >= 11 is 0. The van der Waals surface area contributed by atoms with Gasteiger partial charge in [-0.3, -0.25) is 5.01 Å². The molecule has 30 heavy (non-hydrogen) atoms. The summed E-state index contributed by atoms with van der Waals surface area (Å²) in [7, 11) is 2.17. The zero-order valence-corrected chi connectivity index (χ0v) is 22.0. The van der Waals surface area contributed by atoms with Gasteiger partial charge in [-0.1, -0.05) is 98.8 Å². The van der Waals surface area contributed by atoms with Crippen molar-refractivity contribution in [2.75, 3.05) is 18.6 Å². The molecule has 1 aromatic rings. The second-order valence-electron chi connectivity index (χ2n) is 8.55. The van der Waals surface area contributed by atoms with E-state index in [-0.39, 0.29) is 0 Å². The van der Waals surface area contributed by atoms with Crippen LogP contribution in [0.1, 0.15) is 92.7 Å². The third-order valence-electron chi connectivity index (χ3n) is 4.37.